The van der Waals surface area contributed by atoms with Crippen LogP contribution in [-0.4, -0.2) is 26.6 Å². The average Bonchev–Trinajstić information content (AvgIpc) is 3.45. The van der Waals surface area contributed by atoms with Crippen LogP contribution < -0.4 is 11.1 Å². The number of thiophene rings is 2. The minimum atomic E-state index is -2.79. The third-order valence-electron chi connectivity index (χ3n) is 4.89. The van der Waals surface area contributed by atoms with Crippen LogP contribution in [0.2, 0.25) is 0 Å². The summed E-state index contributed by atoms with van der Waals surface area (Å²) in [4.78, 5) is 31.2. The van der Waals surface area contributed by atoms with Crippen molar-refractivity contribution >= 4 is 50.4 Å². The average molecular weight is 476 g/mol. The Bertz CT molecular complexity index is 1340. The molecule has 0 aliphatic rings. The molecule has 0 saturated carbocycles. The lowest BCUT2D eigenvalue weighted by Crippen LogP contribution is -2.25. The van der Waals surface area contributed by atoms with Gasteiger partial charge in [0.05, 0.1) is 11.9 Å². The van der Waals surface area contributed by atoms with Gasteiger partial charge in [-0.2, -0.15) is 5.10 Å². The van der Waals surface area contributed by atoms with Gasteiger partial charge in [-0.15, -0.1) is 22.7 Å². The number of hydrogen-bond acceptors (Lipinski definition) is 6. The molecular weight excluding hydrogens is 456 g/mol. The number of aromatic nitrogens is 3. The highest BCUT2D eigenvalue weighted by Gasteiger charge is 2.27. The maximum atomic E-state index is 13.5. The van der Waals surface area contributed by atoms with Crippen molar-refractivity contribution < 1.29 is 18.4 Å². The Balaban J connectivity index is 1.89. The molecule has 0 bridgehead atoms. The second kappa shape index (κ2) is 8.40. The van der Waals surface area contributed by atoms with Gasteiger partial charge in [0.15, 0.2) is 0 Å². The van der Waals surface area contributed by atoms with Crippen LogP contribution in [0.4, 0.5) is 14.5 Å². The molecule has 4 rings (SSSR count). The van der Waals surface area contributed by atoms with E-state index in [2.05, 4.69) is 15.4 Å². The molecule has 32 heavy (non-hydrogen) atoms. The number of fused-ring (bicyclic) bond motifs is 1. The van der Waals surface area contributed by atoms with E-state index in [9.17, 15) is 18.4 Å². The van der Waals surface area contributed by atoms with Gasteiger partial charge in [0.1, 0.15) is 21.4 Å². The molecule has 0 saturated heterocycles. The van der Waals surface area contributed by atoms with Crippen molar-refractivity contribution in [1.82, 2.24) is 14.8 Å². The van der Waals surface area contributed by atoms with Gasteiger partial charge < -0.3 is 11.1 Å². The smallest absolute Gasteiger partial charge is 0.280 e. The van der Waals surface area contributed by atoms with Gasteiger partial charge in [-0.05, 0) is 44.5 Å². The maximum absolute atomic E-state index is 13.5. The molecule has 166 valence electrons. The van der Waals surface area contributed by atoms with E-state index < -0.39 is 30.0 Å². The van der Waals surface area contributed by atoms with Crippen LogP contribution in [0.25, 0.3) is 20.7 Å². The summed E-state index contributed by atoms with van der Waals surface area (Å²) in [7, 11) is 0. The van der Waals surface area contributed by atoms with Gasteiger partial charge in [0, 0.05) is 26.9 Å². The van der Waals surface area contributed by atoms with Gasteiger partial charge in [-0.25, -0.2) is 13.8 Å². The van der Waals surface area contributed by atoms with Crippen molar-refractivity contribution in [2.75, 3.05) is 5.32 Å². The number of hydrogen-bond donors (Lipinski definition) is 2. The molecule has 1 unspecified atom stereocenters. The molecule has 4 aromatic heterocycles. The largest absolute Gasteiger partial charge is 0.365 e. The summed E-state index contributed by atoms with van der Waals surface area (Å²) in [5, 5.41) is 7.34. The number of aryl methyl sites for hydroxylation is 2. The predicted octanol–water partition coefficient (Wildman–Crippen LogP) is 5.07. The first kappa shape index (κ1) is 22.0. The van der Waals surface area contributed by atoms with Gasteiger partial charge >= 0.3 is 0 Å². The summed E-state index contributed by atoms with van der Waals surface area (Å²) in [6.45, 7) is 5.42. The SMILES string of the molecule is Cc1cnn(C(C)C(=O)Nc2c(C(N)=O)sc3nc(C(F)F)cc(-c4ccc(C)s4)c23)c1. The van der Waals surface area contributed by atoms with E-state index in [1.54, 1.807) is 19.3 Å². The number of nitrogens with two attached hydrogens (primary N) is 1. The quantitative estimate of drug-likeness (QED) is 0.406. The summed E-state index contributed by atoms with van der Waals surface area (Å²) in [6.07, 6.45) is 0.562. The molecule has 11 heteroatoms. The van der Waals surface area contributed by atoms with E-state index in [1.807, 2.05) is 26.0 Å². The summed E-state index contributed by atoms with van der Waals surface area (Å²) in [5.74, 6) is -1.21. The molecule has 0 aromatic carbocycles. The standard InChI is InChI=1S/C21H19F2N5O2S2/c1-9-7-25-28(8-9)11(3)20(30)27-16-15-12(14-5-4-10(2)31-14)6-13(18(22)23)26-21(15)32-17(16)19(24)29/h4-8,11,18H,1-3H3,(H2,24,29)(H,27,30). The Labute approximate surface area is 189 Å². The normalized spacial score (nSPS) is 12.4. The van der Waals surface area contributed by atoms with Crippen LogP contribution in [0.5, 0.6) is 0 Å². The molecule has 0 spiro atoms. The zero-order chi connectivity index (χ0) is 23.2. The van der Waals surface area contributed by atoms with Gasteiger partial charge in [0.2, 0.25) is 5.91 Å². The molecule has 7 nitrogen and oxygen atoms in total. The minimum Gasteiger partial charge on any atom is -0.365 e. The van der Waals surface area contributed by atoms with Crippen molar-refractivity contribution in [2.45, 2.75) is 33.2 Å². The lowest BCUT2D eigenvalue weighted by molar-refractivity contribution is -0.119. The first-order chi connectivity index (χ1) is 15.2. The van der Waals surface area contributed by atoms with Crippen molar-refractivity contribution in [3.05, 3.63) is 51.6 Å². The van der Waals surface area contributed by atoms with E-state index in [0.717, 1.165) is 26.7 Å². The highest BCUT2D eigenvalue weighted by molar-refractivity contribution is 7.21. The minimum absolute atomic E-state index is 0.0469. The van der Waals surface area contributed by atoms with Crippen molar-refractivity contribution in [1.29, 1.82) is 0 Å². The molecule has 0 fully saturated rings. The number of halogens is 2. The number of primary amides is 1. The highest BCUT2D eigenvalue weighted by Crippen LogP contribution is 2.44. The fraction of sp³-hybridized carbons (Fsp3) is 0.238. The first-order valence-electron chi connectivity index (χ1n) is 9.59. The number of carbonyl (C=O) groups excluding carboxylic acids is 2. The van der Waals surface area contributed by atoms with Crippen LogP contribution in [0, 0.1) is 13.8 Å². The number of nitrogens with zero attached hydrogens (tertiary/aromatic N) is 3. The number of anilines is 1. The fourth-order valence-corrected chi connectivity index (χ4v) is 5.19. The molecular formula is C21H19F2N5O2S2. The highest BCUT2D eigenvalue weighted by atomic mass is 32.1. The van der Waals surface area contributed by atoms with E-state index in [-0.39, 0.29) is 15.4 Å². The van der Waals surface area contributed by atoms with Crippen molar-refractivity contribution in [2.24, 2.45) is 5.73 Å². The Kier molecular flexibility index (Phi) is 5.78. The molecule has 0 aliphatic heterocycles. The van der Waals surface area contributed by atoms with Crippen LogP contribution in [0.1, 0.15) is 45.2 Å². The molecule has 4 aromatic rings. The molecule has 0 radical (unpaired) electrons. The van der Waals surface area contributed by atoms with Gasteiger partial charge in [-0.3, -0.25) is 14.3 Å². The third kappa shape index (κ3) is 4.00. The van der Waals surface area contributed by atoms with E-state index in [1.165, 1.54) is 22.1 Å². The van der Waals surface area contributed by atoms with Gasteiger partial charge in [0.25, 0.3) is 12.3 Å². The fourth-order valence-electron chi connectivity index (χ4n) is 3.29. The van der Waals surface area contributed by atoms with Crippen LogP contribution in [0.15, 0.2) is 30.6 Å². The number of nitrogens with one attached hydrogen (secondary N) is 1. The van der Waals surface area contributed by atoms with Crippen molar-refractivity contribution in [3.63, 3.8) is 0 Å². The summed E-state index contributed by atoms with van der Waals surface area (Å²) < 4.78 is 28.6. The lowest BCUT2D eigenvalue weighted by Gasteiger charge is -2.14. The predicted molar refractivity (Wildman–Crippen MR) is 121 cm³/mol. The number of rotatable bonds is 6. The Hall–Kier alpha value is -3.18. The Morgan fingerprint density at radius 1 is 1.22 bits per heavy atom. The summed E-state index contributed by atoms with van der Waals surface area (Å²) >= 11 is 2.30. The second-order valence-corrected chi connectivity index (χ2v) is 9.61. The van der Waals surface area contributed by atoms with Crippen molar-refractivity contribution in [3.8, 4) is 10.4 Å². The molecule has 3 N–H and O–H groups in total. The van der Waals surface area contributed by atoms with E-state index in [4.69, 9.17) is 5.73 Å². The second-order valence-electron chi connectivity index (χ2n) is 7.32. The molecule has 4 heterocycles. The number of pyridine rings is 1. The van der Waals surface area contributed by atoms with Crippen LogP contribution >= 0.6 is 22.7 Å². The zero-order valence-electron chi connectivity index (χ0n) is 17.3. The Morgan fingerprint density at radius 2 is 1.97 bits per heavy atom. The number of amides is 2. The maximum Gasteiger partial charge on any atom is 0.280 e. The van der Waals surface area contributed by atoms with Crippen LogP contribution in [0.3, 0.4) is 0 Å². The van der Waals surface area contributed by atoms with Gasteiger partial charge in [-0.1, -0.05) is 0 Å². The number of carbonyl (C=O) groups is 2. The molecule has 0 aliphatic carbocycles. The summed E-state index contributed by atoms with van der Waals surface area (Å²) in [6, 6.07) is 4.30. The third-order valence-corrected chi connectivity index (χ3v) is 7.02. The summed E-state index contributed by atoms with van der Waals surface area (Å²) in [5.41, 5.74) is 6.68. The first-order valence-corrected chi connectivity index (χ1v) is 11.2. The lowest BCUT2D eigenvalue weighted by atomic mass is 10.1. The monoisotopic (exact) mass is 475 g/mol. The molecule has 1 atom stereocenters. The number of alkyl halides is 2. The van der Waals surface area contributed by atoms with E-state index >= 15 is 0 Å². The topological polar surface area (TPSA) is 103 Å². The Morgan fingerprint density at radius 3 is 2.53 bits per heavy atom. The van der Waals surface area contributed by atoms with Crippen LogP contribution in [-0.2, 0) is 4.79 Å². The van der Waals surface area contributed by atoms with E-state index in [0.29, 0.717) is 10.9 Å². The zero-order valence-corrected chi connectivity index (χ0v) is 19.0. The molecule has 2 amide bonds.